The molecule has 1 rings (SSSR count). The van der Waals surface area contributed by atoms with Gasteiger partial charge in [-0.25, -0.2) is 0 Å². The summed E-state index contributed by atoms with van der Waals surface area (Å²) in [6.45, 7) is 0.101. The summed E-state index contributed by atoms with van der Waals surface area (Å²) in [5.74, 6) is -0.190. The summed E-state index contributed by atoms with van der Waals surface area (Å²) in [5.41, 5.74) is -0.247. The van der Waals surface area contributed by atoms with E-state index in [0.717, 1.165) is 6.07 Å². The number of hydrogen-bond acceptors (Lipinski definition) is 2. The molecule has 0 aliphatic rings. The Hall–Kier alpha value is -1.22. The Labute approximate surface area is 111 Å². The van der Waals surface area contributed by atoms with Gasteiger partial charge in [0.2, 0.25) is 0 Å². The molecule has 0 spiro atoms. The van der Waals surface area contributed by atoms with Gasteiger partial charge in [-0.15, -0.1) is 0 Å². The number of nitriles is 1. The zero-order valence-electron chi connectivity index (χ0n) is 9.43. The second-order valence-corrected chi connectivity index (χ2v) is 4.13. The van der Waals surface area contributed by atoms with E-state index in [1.54, 1.807) is 6.07 Å². The molecule has 0 bridgehead atoms. The molecule has 0 radical (unpaired) electrons. The number of alkyl halides is 4. The highest BCUT2D eigenvalue weighted by Gasteiger charge is 2.34. The van der Waals surface area contributed by atoms with Crippen molar-refractivity contribution in [2.75, 3.05) is 6.61 Å². The topological polar surface area (TPSA) is 33.0 Å². The number of halogens is 4. The monoisotopic (exact) mass is 321 g/mol. The fourth-order valence-electron chi connectivity index (χ4n) is 1.34. The van der Waals surface area contributed by atoms with Crippen LogP contribution < -0.4 is 4.74 Å². The van der Waals surface area contributed by atoms with E-state index < -0.39 is 11.7 Å². The fourth-order valence-corrected chi connectivity index (χ4v) is 1.69. The summed E-state index contributed by atoms with van der Waals surface area (Å²) in [7, 11) is 0. The highest BCUT2D eigenvalue weighted by molar-refractivity contribution is 9.08. The molecule has 2 nitrogen and oxygen atoms in total. The van der Waals surface area contributed by atoms with Crippen LogP contribution in [0, 0.1) is 11.3 Å². The summed E-state index contributed by atoms with van der Waals surface area (Å²) in [4.78, 5) is 0. The summed E-state index contributed by atoms with van der Waals surface area (Å²) < 4.78 is 43.5. The minimum Gasteiger partial charge on any atom is -0.493 e. The first-order valence-corrected chi connectivity index (χ1v) is 6.37. The van der Waals surface area contributed by atoms with Gasteiger partial charge in [0.1, 0.15) is 5.75 Å². The molecule has 0 aliphatic heterocycles. The van der Waals surface area contributed by atoms with Gasteiger partial charge in [0.15, 0.2) is 0 Å². The first-order valence-electron chi connectivity index (χ1n) is 5.25. The maximum Gasteiger partial charge on any atom is 0.419 e. The van der Waals surface area contributed by atoms with Crippen LogP contribution >= 0.6 is 15.9 Å². The lowest BCUT2D eigenvalue weighted by Crippen LogP contribution is -2.10. The zero-order chi connectivity index (χ0) is 13.6. The number of benzene rings is 1. The average molecular weight is 322 g/mol. The largest absolute Gasteiger partial charge is 0.493 e. The van der Waals surface area contributed by atoms with Crippen molar-refractivity contribution in [3.63, 3.8) is 0 Å². The number of unbranched alkanes of at least 4 members (excludes halogenated alkanes) is 1. The van der Waals surface area contributed by atoms with Crippen molar-refractivity contribution in [3.8, 4) is 11.8 Å². The molecule has 0 saturated heterocycles. The van der Waals surface area contributed by atoms with Crippen molar-refractivity contribution in [2.45, 2.75) is 24.3 Å². The normalized spacial score (nSPS) is 11.1. The second-order valence-electron chi connectivity index (χ2n) is 3.57. The van der Waals surface area contributed by atoms with Gasteiger partial charge in [0, 0.05) is 11.8 Å². The molecule has 0 amide bonds. The van der Waals surface area contributed by atoms with Crippen LogP contribution in [0.5, 0.6) is 5.75 Å². The zero-order valence-corrected chi connectivity index (χ0v) is 11.0. The molecule has 1 aromatic carbocycles. The molecule has 0 fully saturated rings. The molecular weight excluding hydrogens is 311 g/mol. The standard InChI is InChI=1S/C12H11BrF3NO/c13-8-9-3-4-11(18-6-2-1-5-17)10(7-9)12(14,15)16/h3-4,7H,1-2,6,8H2. The number of rotatable bonds is 5. The van der Waals surface area contributed by atoms with Crippen molar-refractivity contribution in [1.82, 2.24) is 0 Å². The maximum absolute atomic E-state index is 12.8. The van der Waals surface area contributed by atoms with Crippen LogP contribution in [-0.2, 0) is 11.5 Å². The predicted molar refractivity (Wildman–Crippen MR) is 64.4 cm³/mol. The average Bonchev–Trinajstić information content (AvgIpc) is 2.33. The first kappa shape index (κ1) is 14.8. The Bertz CT molecular complexity index is 440. The van der Waals surface area contributed by atoms with Gasteiger partial charge in [-0.2, -0.15) is 18.4 Å². The van der Waals surface area contributed by atoms with Gasteiger partial charge in [0.05, 0.1) is 18.2 Å². The highest BCUT2D eigenvalue weighted by Crippen LogP contribution is 2.37. The summed E-state index contributed by atoms with van der Waals surface area (Å²) in [5, 5.41) is 8.68. The minimum atomic E-state index is -4.44. The lowest BCUT2D eigenvalue weighted by atomic mass is 10.1. The van der Waals surface area contributed by atoms with E-state index in [9.17, 15) is 13.2 Å². The summed E-state index contributed by atoms with van der Waals surface area (Å²) >= 11 is 3.11. The van der Waals surface area contributed by atoms with Gasteiger partial charge in [-0.1, -0.05) is 22.0 Å². The first-order chi connectivity index (χ1) is 8.49. The van der Waals surface area contributed by atoms with Gasteiger partial charge in [-0.05, 0) is 24.1 Å². The molecule has 0 aliphatic carbocycles. The van der Waals surface area contributed by atoms with Gasteiger partial charge in [-0.3, -0.25) is 0 Å². The van der Waals surface area contributed by atoms with E-state index in [2.05, 4.69) is 15.9 Å². The molecule has 0 N–H and O–H groups in total. The van der Waals surface area contributed by atoms with Crippen molar-refractivity contribution in [3.05, 3.63) is 29.3 Å². The molecule has 0 saturated carbocycles. The summed E-state index contributed by atoms with van der Waals surface area (Å²) in [6, 6.07) is 5.86. The molecular formula is C12H11BrF3NO. The number of hydrogen-bond donors (Lipinski definition) is 0. The molecule has 98 valence electrons. The van der Waals surface area contributed by atoms with Crippen LogP contribution in [0.25, 0.3) is 0 Å². The number of nitrogens with zero attached hydrogens (tertiary/aromatic N) is 1. The number of ether oxygens (including phenoxy) is 1. The lowest BCUT2D eigenvalue weighted by molar-refractivity contribution is -0.139. The van der Waals surface area contributed by atoms with Crippen LogP contribution in [0.3, 0.4) is 0 Å². The van der Waals surface area contributed by atoms with Crippen molar-refractivity contribution < 1.29 is 17.9 Å². The SMILES string of the molecule is N#CCCCOc1ccc(CBr)cc1C(F)(F)F. The third-order valence-electron chi connectivity index (χ3n) is 2.19. The Morgan fingerprint density at radius 3 is 2.61 bits per heavy atom. The van der Waals surface area contributed by atoms with Crippen molar-refractivity contribution in [2.24, 2.45) is 0 Å². The van der Waals surface area contributed by atoms with E-state index in [1.807, 2.05) is 6.07 Å². The molecule has 18 heavy (non-hydrogen) atoms. The third-order valence-corrected chi connectivity index (χ3v) is 2.84. The smallest absolute Gasteiger partial charge is 0.419 e. The lowest BCUT2D eigenvalue weighted by Gasteiger charge is -2.14. The van der Waals surface area contributed by atoms with Gasteiger partial charge >= 0.3 is 6.18 Å². The second kappa shape index (κ2) is 6.64. The molecule has 0 heterocycles. The predicted octanol–water partition coefficient (Wildman–Crippen LogP) is 4.28. The van der Waals surface area contributed by atoms with Gasteiger partial charge < -0.3 is 4.74 Å². The van der Waals surface area contributed by atoms with Crippen LogP contribution in [0.1, 0.15) is 24.0 Å². The Morgan fingerprint density at radius 2 is 2.06 bits per heavy atom. The third kappa shape index (κ3) is 4.22. The molecule has 6 heteroatoms. The fraction of sp³-hybridized carbons (Fsp3) is 0.417. The van der Waals surface area contributed by atoms with E-state index in [0.29, 0.717) is 17.3 Å². The summed E-state index contributed by atoms with van der Waals surface area (Å²) in [6.07, 6.45) is -3.77. The Kier molecular flexibility index (Phi) is 5.48. The van der Waals surface area contributed by atoms with Gasteiger partial charge in [0.25, 0.3) is 0 Å². The van der Waals surface area contributed by atoms with E-state index >= 15 is 0 Å². The van der Waals surface area contributed by atoms with Crippen LogP contribution in [0.2, 0.25) is 0 Å². The highest BCUT2D eigenvalue weighted by atomic mass is 79.9. The quantitative estimate of drug-likeness (QED) is 0.599. The van der Waals surface area contributed by atoms with Crippen LogP contribution in [-0.4, -0.2) is 6.61 Å². The van der Waals surface area contributed by atoms with E-state index in [4.69, 9.17) is 10.00 Å². The molecule has 0 atom stereocenters. The Balaban J connectivity index is 2.86. The minimum absolute atomic E-state index is 0.101. The molecule has 1 aromatic rings. The molecule has 0 aromatic heterocycles. The maximum atomic E-state index is 12.8. The van der Waals surface area contributed by atoms with E-state index in [1.165, 1.54) is 6.07 Å². The van der Waals surface area contributed by atoms with Crippen LogP contribution in [0.15, 0.2) is 18.2 Å². The van der Waals surface area contributed by atoms with Crippen LogP contribution in [0.4, 0.5) is 13.2 Å². The van der Waals surface area contributed by atoms with E-state index in [-0.39, 0.29) is 18.8 Å². The van der Waals surface area contributed by atoms with Crippen molar-refractivity contribution in [1.29, 1.82) is 5.26 Å². The Morgan fingerprint density at radius 1 is 1.33 bits per heavy atom. The molecule has 0 unspecified atom stereocenters. The van der Waals surface area contributed by atoms with Crippen molar-refractivity contribution >= 4 is 15.9 Å².